The van der Waals surface area contributed by atoms with Crippen LogP contribution in [0.2, 0.25) is 0 Å². The molecule has 0 saturated carbocycles. The average Bonchev–Trinajstić information content (AvgIpc) is 1.65. The lowest BCUT2D eigenvalue weighted by Crippen LogP contribution is -2.46. The summed E-state index contributed by atoms with van der Waals surface area (Å²) in [6.07, 6.45) is 0.907. The lowest BCUT2D eigenvalue weighted by molar-refractivity contribution is -0.139. The third kappa shape index (κ3) is 0.587. The van der Waals surface area contributed by atoms with Gasteiger partial charge in [0.1, 0.15) is 6.23 Å². The van der Waals surface area contributed by atoms with E-state index in [4.69, 9.17) is 5.11 Å². The fourth-order valence-corrected chi connectivity index (χ4v) is 0.517. The van der Waals surface area contributed by atoms with Crippen molar-refractivity contribution in [2.24, 2.45) is 0 Å². The number of carbonyl (C=O) groups excluding carboxylic acids is 1. The van der Waals surface area contributed by atoms with E-state index in [1.54, 1.807) is 0 Å². The average molecular weight is 101 g/mol. The molecule has 0 radical (unpaired) electrons. The van der Waals surface area contributed by atoms with Crippen LogP contribution in [-0.2, 0) is 4.79 Å². The van der Waals surface area contributed by atoms with Crippen LogP contribution in [-0.4, -0.2) is 29.2 Å². The Morgan fingerprint density at radius 1 is 1.86 bits per heavy atom. The molecule has 0 aromatic rings. The van der Waals surface area contributed by atoms with E-state index in [1.165, 1.54) is 4.90 Å². The second-order valence-electron chi connectivity index (χ2n) is 1.61. The van der Waals surface area contributed by atoms with Gasteiger partial charge < -0.3 is 10.0 Å². The van der Waals surface area contributed by atoms with Gasteiger partial charge in [0.25, 0.3) is 0 Å². The molecule has 1 saturated heterocycles. The van der Waals surface area contributed by atoms with E-state index in [1.807, 2.05) is 0 Å². The highest BCUT2D eigenvalue weighted by atomic mass is 16.3. The molecule has 1 aliphatic rings. The Kier molecular flexibility index (Phi) is 0.982. The van der Waals surface area contributed by atoms with Crippen molar-refractivity contribution in [3.63, 3.8) is 0 Å². The summed E-state index contributed by atoms with van der Waals surface area (Å²) < 4.78 is 0. The maximum atomic E-state index is 9.76. The Balaban J connectivity index is 2.28. The van der Waals surface area contributed by atoms with Crippen LogP contribution in [0.5, 0.6) is 0 Å². The lowest BCUT2D eigenvalue weighted by Gasteiger charge is -2.32. The molecule has 7 heavy (non-hydrogen) atoms. The molecule has 1 N–H and O–H groups in total. The molecule has 0 bridgehead atoms. The van der Waals surface area contributed by atoms with E-state index in [9.17, 15) is 4.79 Å². The zero-order chi connectivity index (χ0) is 5.28. The predicted molar refractivity (Wildman–Crippen MR) is 23.4 cm³/mol. The molecule has 1 heterocycles. The highest BCUT2D eigenvalue weighted by Crippen LogP contribution is 2.09. The summed E-state index contributed by atoms with van der Waals surface area (Å²) in [5, 5.41) is 8.60. The van der Waals surface area contributed by atoms with Crippen molar-refractivity contribution >= 4 is 6.41 Å². The zero-order valence-corrected chi connectivity index (χ0v) is 3.87. The molecule has 0 aliphatic carbocycles. The molecule has 3 heteroatoms. The number of nitrogens with zero attached hydrogens (tertiary/aromatic N) is 1. The van der Waals surface area contributed by atoms with E-state index in [-0.39, 0.29) is 0 Å². The highest BCUT2D eigenvalue weighted by molar-refractivity contribution is 5.48. The Morgan fingerprint density at radius 2 is 2.57 bits per heavy atom. The van der Waals surface area contributed by atoms with E-state index in [0.717, 1.165) is 6.42 Å². The van der Waals surface area contributed by atoms with Crippen LogP contribution in [0.15, 0.2) is 0 Å². The van der Waals surface area contributed by atoms with Crippen LogP contribution < -0.4 is 0 Å². The fourth-order valence-electron chi connectivity index (χ4n) is 0.517. The van der Waals surface area contributed by atoms with Gasteiger partial charge in [0.05, 0.1) is 0 Å². The minimum Gasteiger partial charge on any atom is -0.373 e. The minimum absolute atomic E-state index is 0.488. The molecule has 1 unspecified atom stereocenters. The van der Waals surface area contributed by atoms with Gasteiger partial charge in [-0.1, -0.05) is 0 Å². The monoisotopic (exact) mass is 101 g/mol. The first kappa shape index (κ1) is 4.59. The zero-order valence-electron chi connectivity index (χ0n) is 3.87. The van der Waals surface area contributed by atoms with E-state index in [2.05, 4.69) is 0 Å². The largest absolute Gasteiger partial charge is 0.373 e. The predicted octanol–water partition coefficient (Wildman–Crippen LogP) is -0.833. The number of rotatable bonds is 1. The number of amides is 1. The maximum Gasteiger partial charge on any atom is 0.211 e. The molecule has 1 aliphatic heterocycles. The minimum atomic E-state index is -0.488. The van der Waals surface area contributed by atoms with Gasteiger partial charge in [-0.2, -0.15) is 0 Å². The molecular weight excluding hydrogens is 94.0 g/mol. The summed E-state index contributed by atoms with van der Waals surface area (Å²) in [4.78, 5) is 11.1. The van der Waals surface area contributed by atoms with Gasteiger partial charge in [0.15, 0.2) is 0 Å². The number of hydrogen-bond donors (Lipinski definition) is 1. The second kappa shape index (κ2) is 1.50. The summed E-state index contributed by atoms with van der Waals surface area (Å²) >= 11 is 0. The van der Waals surface area contributed by atoms with Crippen molar-refractivity contribution in [2.45, 2.75) is 12.6 Å². The summed E-state index contributed by atoms with van der Waals surface area (Å²) in [5.41, 5.74) is 0. The van der Waals surface area contributed by atoms with Gasteiger partial charge in [-0.3, -0.25) is 4.79 Å². The molecule has 3 nitrogen and oxygen atoms in total. The molecule has 40 valence electrons. The standard InChI is InChI=1S/C4H7NO2/c6-3-5-2-1-4(5)7/h3-4,7H,1-2H2. The third-order valence-corrected chi connectivity index (χ3v) is 1.16. The van der Waals surface area contributed by atoms with Crippen LogP contribution >= 0.6 is 0 Å². The second-order valence-corrected chi connectivity index (χ2v) is 1.61. The van der Waals surface area contributed by atoms with Gasteiger partial charge in [-0.15, -0.1) is 0 Å². The van der Waals surface area contributed by atoms with Crippen molar-refractivity contribution < 1.29 is 9.90 Å². The quantitative estimate of drug-likeness (QED) is 0.438. The number of carbonyl (C=O) groups is 1. The van der Waals surface area contributed by atoms with Gasteiger partial charge in [0.2, 0.25) is 6.41 Å². The van der Waals surface area contributed by atoms with Crippen molar-refractivity contribution in [1.29, 1.82) is 0 Å². The van der Waals surface area contributed by atoms with Gasteiger partial charge in [-0.25, -0.2) is 0 Å². The summed E-state index contributed by atoms with van der Waals surface area (Å²) in [6, 6.07) is 0. The fraction of sp³-hybridized carbons (Fsp3) is 0.750. The van der Waals surface area contributed by atoms with Crippen molar-refractivity contribution in [1.82, 2.24) is 4.90 Å². The Hall–Kier alpha value is -0.570. The summed E-state index contributed by atoms with van der Waals surface area (Å²) in [6.45, 7) is 0.713. The van der Waals surface area contributed by atoms with Crippen molar-refractivity contribution in [2.75, 3.05) is 6.54 Å². The van der Waals surface area contributed by atoms with E-state index >= 15 is 0 Å². The molecule has 0 aromatic heterocycles. The third-order valence-electron chi connectivity index (χ3n) is 1.16. The lowest BCUT2D eigenvalue weighted by atomic mass is 10.2. The van der Waals surface area contributed by atoms with Gasteiger partial charge >= 0.3 is 0 Å². The molecule has 1 fully saturated rings. The smallest absolute Gasteiger partial charge is 0.211 e. The summed E-state index contributed by atoms with van der Waals surface area (Å²) in [7, 11) is 0. The summed E-state index contributed by atoms with van der Waals surface area (Å²) in [5.74, 6) is 0. The molecular formula is C4H7NO2. The van der Waals surface area contributed by atoms with Crippen LogP contribution in [0.4, 0.5) is 0 Å². The molecule has 0 aromatic carbocycles. The van der Waals surface area contributed by atoms with E-state index < -0.39 is 6.23 Å². The first-order valence-corrected chi connectivity index (χ1v) is 2.23. The van der Waals surface area contributed by atoms with Gasteiger partial charge in [-0.05, 0) is 0 Å². The van der Waals surface area contributed by atoms with Crippen molar-refractivity contribution in [3.05, 3.63) is 0 Å². The van der Waals surface area contributed by atoms with Crippen LogP contribution in [0.1, 0.15) is 6.42 Å². The highest BCUT2D eigenvalue weighted by Gasteiger charge is 2.22. The topological polar surface area (TPSA) is 40.5 Å². The normalized spacial score (nSPS) is 29.3. The van der Waals surface area contributed by atoms with Crippen LogP contribution in [0.3, 0.4) is 0 Å². The van der Waals surface area contributed by atoms with Crippen LogP contribution in [0, 0.1) is 0 Å². The maximum absolute atomic E-state index is 9.76. The molecule has 1 amide bonds. The Labute approximate surface area is 41.5 Å². The number of aliphatic hydroxyl groups is 1. The first-order chi connectivity index (χ1) is 3.34. The van der Waals surface area contributed by atoms with E-state index in [0.29, 0.717) is 13.0 Å². The van der Waals surface area contributed by atoms with Crippen LogP contribution in [0.25, 0.3) is 0 Å². The SMILES string of the molecule is O=CN1CCC1O. The van der Waals surface area contributed by atoms with Gasteiger partial charge in [0, 0.05) is 13.0 Å². The first-order valence-electron chi connectivity index (χ1n) is 2.23. The number of hydrogen-bond acceptors (Lipinski definition) is 2. The molecule has 1 atom stereocenters. The number of likely N-dealkylation sites (tertiary alicyclic amines) is 1. The Morgan fingerprint density at radius 3 is 2.57 bits per heavy atom. The molecule has 0 spiro atoms. The Bertz CT molecular complexity index is 83.8. The molecule has 1 rings (SSSR count). The van der Waals surface area contributed by atoms with Crippen molar-refractivity contribution in [3.8, 4) is 0 Å². The number of aliphatic hydroxyl groups excluding tert-OH is 1.